The van der Waals surface area contributed by atoms with Crippen LogP contribution in [0, 0.1) is 0 Å². The molecule has 1 fully saturated rings. The molecule has 0 spiro atoms. The molecule has 0 saturated heterocycles. The van der Waals surface area contributed by atoms with Crippen LogP contribution in [0.3, 0.4) is 0 Å². The largest absolute Gasteiger partial charge is 0.392 e. The summed E-state index contributed by atoms with van der Waals surface area (Å²) in [7, 11) is 0. The SMILES string of the molecule is CC(O)C(C)(C)NC1CCCCCC1O. The van der Waals surface area contributed by atoms with Crippen molar-refractivity contribution in [2.75, 3.05) is 0 Å². The van der Waals surface area contributed by atoms with Crippen molar-refractivity contribution in [1.29, 1.82) is 0 Å². The van der Waals surface area contributed by atoms with Crippen molar-refractivity contribution >= 4 is 0 Å². The van der Waals surface area contributed by atoms with Gasteiger partial charge in [0.25, 0.3) is 0 Å². The second kappa shape index (κ2) is 5.28. The van der Waals surface area contributed by atoms with Gasteiger partial charge in [-0.25, -0.2) is 0 Å². The lowest BCUT2D eigenvalue weighted by atomic mass is 9.94. The quantitative estimate of drug-likeness (QED) is 0.624. The average molecular weight is 215 g/mol. The minimum absolute atomic E-state index is 0.136. The molecule has 1 rings (SSSR count). The van der Waals surface area contributed by atoms with E-state index in [1.807, 2.05) is 13.8 Å². The molecule has 1 aliphatic carbocycles. The van der Waals surface area contributed by atoms with Gasteiger partial charge < -0.3 is 15.5 Å². The van der Waals surface area contributed by atoms with E-state index in [0.717, 1.165) is 19.3 Å². The molecule has 0 bridgehead atoms. The smallest absolute Gasteiger partial charge is 0.0693 e. The van der Waals surface area contributed by atoms with Crippen LogP contribution >= 0.6 is 0 Å². The number of nitrogens with one attached hydrogen (secondary N) is 1. The summed E-state index contributed by atoms with van der Waals surface area (Å²) in [5, 5.41) is 23.0. The molecule has 1 aliphatic rings. The van der Waals surface area contributed by atoms with E-state index in [2.05, 4.69) is 5.32 Å². The molecule has 0 heterocycles. The zero-order chi connectivity index (χ0) is 11.5. The summed E-state index contributed by atoms with van der Waals surface area (Å²) in [6.45, 7) is 5.75. The van der Waals surface area contributed by atoms with E-state index >= 15 is 0 Å². The van der Waals surface area contributed by atoms with Crippen molar-refractivity contribution in [1.82, 2.24) is 5.32 Å². The van der Waals surface area contributed by atoms with Gasteiger partial charge in [-0.15, -0.1) is 0 Å². The van der Waals surface area contributed by atoms with Gasteiger partial charge >= 0.3 is 0 Å². The van der Waals surface area contributed by atoms with Crippen molar-refractivity contribution < 1.29 is 10.2 Å². The van der Waals surface area contributed by atoms with Gasteiger partial charge in [0.15, 0.2) is 0 Å². The average Bonchev–Trinajstić information content (AvgIpc) is 2.31. The number of hydrogen-bond acceptors (Lipinski definition) is 3. The lowest BCUT2D eigenvalue weighted by Crippen LogP contribution is -2.55. The Morgan fingerprint density at radius 1 is 1.20 bits per heavy atom. The third-order valence-corrected chi connectivity index (χ3v) is 3.58. The van der Waals surface area contributed by atoms with E-state index < -0.39 is 6.10 Å². The normalized spacial score (nSPS) is 31.0. The first-order valence-corrected chi connectivity index (χ1v) is 6.07. The number of rotatable bonds is 3. The molecule has 0 aromatic rings. The van der Waals surface area contributed by atoms with Gasteiger partial charge in [-0.2, -0.15) is 0 Å². The Morgan fingerprint density at radius 2 is 1.80 bits per heavy atom. The fourth-order valence-electron chi connectivity index (χ4n) is 2.05. The summed E-state index contributed by atoms with van der Waals surface area (Å²) in [5.74, 6) is 0. The van der Waals surface area contributed by atoms with E-state index in [1.165, 1.54) is 12.8 Å². The molecular formula is C12H25NO2. The highest BCUT2D eigenvalue weighted by atomic mass is 16.3. The van der Waals surface area contributed by atoms with Crippen LogP contribution in [0.25, 0.3) is 0 Å². The Morgan fingerprint density at radius 3 is 2.40 bits per heavy atom. The monoisotopic (exact) mass is 215 g/mol. The molecule has 90 valence electrons. The van der Waals surface area contributed by atoms with Crippen LogP contribution in [0.2, 0.25) is 0 Å². The van der Waals surface area contributed by atoms with Crippen LogP contribution in [0.4, 0.5) is 0 Å². The first-order chi connectivity index (χ1) is 6.93. The fourth-order valence-corrected chi connectivity index (χ4v) is 2.05. The van der Waals surface area contributed by atoms with Crippen molar-refractivity contribution in [3.8, 4) is 0 Å². The summed E-state index contributed by atoms with van der Waals surface area (Å²) >= 11 is 0. The molecule has 15 heavy (non-hydrogen) atoms. The van der Waals surface area contributed by atoms with Gasteiger partial charge in [0.2, 0.25) is 0 Å². The highest BCUT2D eigenvalue weighted by Crippen LogP contribution is 2.21. The van der Waals surface area contributed by atoms with E-state index in [4.69, 9.17) is 0 Å². The van der Waals surface area contributed by atoms with Crippen LogP contribution in [0.1, 0.15) is 52.9 Å². The lowest BCUT2D eigenvalue weighted by molar-refractivity contribution is 0.0524. The Kier molecular flexibility index (Phi) is 4.56. The zero-order valence-corrected chi connectivity index (χ0v) is 10.2. The molecule has 3 atom stereocenters. The minimum Gasteiger partial charge on any atom is -0.392 e. The van der Waals surface area contributed by atoms with E-state index in [0.29, 0.717) is 0 Å². The summed E-state index contributed by atoms with van der Waals surface area (Å²) in [6.07, 6.45) is 4.73. The number of aliphatic hydroxyl groups is 2. The predicted octanol–water partition coefficient (Wildman–Crippen LogP) is 1.43. The van der Waals surface area contributed by atoms with Crippen molar-refractivity contribution in [3.63, 3.8) is 0 Å². The molecule has 3 unspecified atom stereocenters. The molecule has 0 aromatic carbocycles. The van der Waals surface area contributed by atoms with E-state index in [-0.39, 0.29) is 17.7 Å². The molecular weight excluding hydrogens is 190 g/mol. The molecule has 3 N–H and O–H groups in total. The maximum atomic E-state index is 9.95. The fraction of sp³-hybridized carbons (Fsp3) is 1.00. The standard InChI is InChI=1S/C12H25NO2/c1-9(14)12(2,3)13-10-7-5-4-6-8-11(10)15/h9-11,13-15H,4-8H2,1-3H3. The van der Waals surface area contributed by atoms with Crippen LogP contribution in [-0.4, -0.2) is 34.0 Å². The molecule has 0 aliphatic heterocycles. The maximum Gasteiger partial charge on any atom is 0.0693 e. The maximum absolute atomic E-state index is 9.95. The second-order valence-corrected chi connectivity index (χ2v) is 5.35. The first kappa shape index (κ1) is 12.9. The summed E-state index contributed by atoms with van der Waals surface area (Å²) in [6, 6.07) is 0.136. The van der Waals surface area contributed by atoms with Crippen LogP contribution in [0.15, 0.2) is 0 Å². The van der Waals surface area contributed by atoms with Gasteiger partial charge in [-0.05, 0) is 33.6 Å². The topological polar surface area (TPSA) is 52.5 Å². The van der Waals surface area contributed by atoms with Crippen molar-refractivity contribution in [2.45, 2.75) is 76.7 Å². The van der Waals surface area contributed by atoms with Crippen LogP contribution < -0.4 is 5.32 Å². The molecule has 1 saturated carbocycles. The lowest BCUT2D eigenvalue weighted by Gasteiger charge is -2.35. The third-order valence-electron chi connectivity index (χ3n) is 3.58. The molecule has 3 heteroatoms. The van der Waals surface area contributed by atoms with Crippen LogP contribution in [-0.2, 0) is 0 Å². The molecule has 0 amide bonds. The van der Waals surface area contributed by atoms with Gasteiger partial charge in [0, 0.05) is 11.6 Å². The van der Waals surface area contributed by atoms with Crippen molar-refractivity contribution in [2.24, 2.45) is 0 Å². The number of aliphatic hydroxyl groups excluding tert-OH is 2. The first-order valence-electron chi connectivity index (χ1n) is 6.07. The second-order valence-electron chi connectivity index (χ2n) is 5.35. The Balaban J connectivity index is 2.54. The Bertz CT molecular complexity index is 192. The van der Waals surface area contributed by atoms with Gasteiger partial charge in [0.1, 0.15) is 0 Å². The zero-order valence-electron chi connectivity index (χ0n) is 10.2. The summed E-state index contributed by atoms with van der Waals surface area (Å²) < 4.78 is 0. The molecule has 3 nitrogen and oxygen atoms in total. The predicted molar refractivity (Wildman–Crippen MR) is 61.8 cm³/mol. The molecule has 0 aromatic heterocycles. The summed E-state index contributed by atoms with van der Waals surface area (Å²) in [4.78, 5) is 0. The van der Waals surface area contributed by atoms with Gasteiger partial charge in [-0.3, -0.25) is 0 Å². The Hall–Kier alpha value is -0.120. The van der Waals surface area contributed by atoms with E-state index in [1.54, 1.807) is 6.92 Å². The number of hydrogen-bond donors (Lipinski definition) is 3. The van der Waals surface area contributed by atoms with E-state index in [9.17, 15) is 10.2 Å². The Labute approximate surface area is 92.9 Å². The molecule has 0 radical (unpaired) electrons. The van der Waals surface area contributed by atoms with Gasteiger partial charge in [-0.1, -0.05) is 19.3 Å². The third kappa shape index (κ3) is 3.74. The highest BCUT2D eigenvalue weighted by Gasteiger charge is 2.30. The summed E-state index contributed by atoms with van der Waals surface area (Å²) in [5.41, 5.74) is -0.323. The van der Waals surface area contributed by atoms with Crippen LogP contribution in [0.5, 0.6) is 0 Å². The highest BCUT2D eigenvalue weighted by molar-refractivity contribution is 4.90. The minimum atomic E-state index is -0.409. The van der Waals surface area contributed by atoms with Crippen molar-refractivity contribution in [3.05, 3.63) is 0 Å². The van der Waals surface area contributed by atoms with Gasteiger partial charge in [0.05, 0.1) is 12.2 Å².